The van der Waals surface area contributed by atoms with E-state index >= 15 is 0 Å². The molecule has 11 rings (SSSR count). The van der Waals surface area contributed by atoms with E-state index in [0.717, 1.165) is 49.8 Å². The molecule has 0 radical (unpaired) electrons. The third kappa shape index (κ3) is 4.88. The average Bonchev–Trinajstić information content (AvgIpc) is 3.63. The minimum absolute atomic E-state index is 0.913. The topological polar surface area (TPSA) is 16.4 Å². The van der Waals surface area contributed by atoms with Crippen LogP contribution in [-0.2, 0) is 0 Å². The first-order chi connectivity index (χ1) is 26.8. The van der Waals surface area contributed by atoms with Crippen molar-refractivity contribution in [2.24, 2.45) is 0 Å². The Morgan fingerprint density at radius 3 is 1.83 bits per heavy atom. The fraction of sp³-hybridized carbons (Fsp3) is 0. The number of anilines is 3. The molecule has 11 aromatic rings. The number of nitrogens with zero attached hydrogens (tertiary/aromatic N) is 1. The van der Waals surface area contributed by atoms with E-state index in [0.29, 0.717) is 0 Å². The van der Waals surface area contributed by atoms with Crippen LogP contribution in [0.2, 0.25) is 0 Å². The zero-order valence-electron chi connectivity index (χ0n) is 29.4. The summed E-state index contributed by atoms with van der Waals surface area (Å²) in [5.74, 6) is 0. The van der Waals surface area contributed by atoms with Gasteiger partial charge in [0.25, 0.3) is 0 Å². The molecule has 2 heteroatoms. The van der Waals surface area contributed by atoms with E-state index in [-0.39, 0.29) is 0 Å². The van der Waals surface area contributed by atoms with Crippen LogP contribution in [0.25, 0.3) is 87.3 Å². The van der Waals surface area contributed by atoms with E-state index in [2.05, 4.69) is 193 Å². The van der Waals surface area contributed by atoms with Gasteiger partial charge in [-0.25, -0.2) is 0 Å². The Balaban J connectivity index is 1.07. The third-order valence-corrected chi connectivity index (χ3v) is 11.0. The Labute approximate surface area is 312 Å². The largest absolute Gasteiger partial charge is 0.455 e. The molecule has 0 aliphatic carbocycles. The van der Waals surface area contributed by atoms with Crippen LogP contribution < -0.4 is 4.90 Å². The molecule has 2 nitrogen and oxygen atoms in total. The van der Waals surface area contributed by atoms with Crippen molar-refractivity contribution in [3.63, 3.8) is 0 Å². The number of benzene rings is 10. The minimum Gasteiger partial charge on any atom is -0.455 e. The van der Waals surface area contributed by atoms with Gasteiger partial charge in [-0.15, -0.1) is 0 Å². The Hall–Kier alpha value is -7.16. The Morgan fingerprint density at radius 2 is 0.963 bits per heavy atom. The lowest BCUT2D eigenvalue weighted by Gasteiger charge is -2.26. The molecule has 0 N–H and O–H groups in total. The molecule has 0 saturated heterocycles. The van der Waals surface area contributed by atoms with Crippen molar-refractivity contribution in [1.82, 2.24) is 0 Å². The average molecular weight is 688 g/mol. The molecule has 0 bridgehead atoms. The number of furan rings is 1. The van der Waals surface area contributed by atoms with Crippen molar-refractivity contribution in [3.05, 3.63) is 200 Å². The first-order valence-electron chi connectivity index (χ1n) is 18.5. The number of fused-ring (bicyclic) bond motifs is 10. The quantitative estimate of drug-likeness (QED) is 0.168. The predicted octanol–water partition coefficient (Wildman–Crippen LogP) is 15.0. The fourth-order valence-corrected chi connectivity index (χ4v) is 8.45. The zero-order chi connectivity index (χ0) is 35.6. The zero-order valence-corrected chi connectivity index (χ0v) is 29.4. The molecule has 0 aliphatic rings. The Kier molecular flexibility index (Phi) is 6.90. The lowest BCUT2D eigenvalue weighted by atomic mass is 9.90. The maximum atomic E-state index is 6.42. The van der Waals surface area contributed by atoms with Gasteiger partial charge in [0, 0.05) is 33.2 Å². The summed E-state index contributed by atoms with van der Waals surface area (Å²) < 4.78 is 6.42. The van der Waals surface area contributed by atoms with Gasteiger partial charge in [-0.3, -0.25) is 0 Å². The lowest BCUT2D eigenvalue weighted by molar-refractivity contribution is 0.672. The van der Waals surface area contributed by atoms with Gasteiger partial charge in [0.05, 0.1) is 0 Å². The molecule has 10 aromatic carbocycles. The standard InChI is InChI=1S/C52H33NO/c1-2-11-34(12-3-1)37-14-10-15-41(31-37)53(42-28-30-44-38(32-42)25-29-48-46-18-8-9-20-50(46)54-52(44)48)40-26-23-36(24-27-40)49-33-39-22-21-35-13-4-5-16-43(35)51(39)47-19-7-6-17-45(47)49/h1-33H. The highest BCUT2D eigenvalue weighted by atomic mass is 16.3. The summed E-state index contributed by atoms with van der Waals surface area (Å²) in [4.78, 5) is 2.36. The highest BCUT2D eigenvalue weighted by Gasteiger charge is 2.18. The van der Waals surface area contributed by atoms with E-state index in [1.54, 1.807) is 0 Å². The third-order valence-electron chi connectivity index (χ3n) is 11.0. The van der Waals surface area contributed by atoms with E-state index in [4.69, 9.17) is 4.42 Å². The molecule has 54 heavy (non-hydrogen) atoms. The van der Waals surface area contributed by atoms with Gasteiger partial charge >= 0.3 is 0 Å². The molecule has 0 amide bonds. The summed E-state index contributed by atoms with van der Waals surface area (Å²) in [6.45, 7) is 0. The summed E-state index contributed by atoms with van der Waals surface area (Å²) in [5, 5.41) is 12.2. The number of para-hydroxylation sites is 1. The minimum atomic E-state index is 0.913. The molecular formula is C52H33NO. The second kappa shape index (κ2) is 12.2. The second-order valence-corrected chi connectivity index (χ2v) is 14.1. The van der Waals surface area contributed by atoms with Gasteiger partial charge in [-0.05, 0) is 121 Å². The summed E-state index contributed by atoms with van der Waals surface area (Å²) >= 11 is 0. The molecule has 0 spiro atoms. The number of rotatable bonds is 5. The van der Waals surface area contributed by atoms with Gasteiger partial charge in [-0.1, -0.05) is 140 Å². The van der Waals surface area contributed by atoms with Crippen LogP contribution in [0, 0.1) is 0 Å². The Morgan fingerprint density at radius 1 is 0.315 bits per heavy atom. The maximum Gasteiger partial charge on any atom is 0.143 e. The van der Waals surface area contributed by atoms with Crippen LogP contribution in [0.5, 0.6) is 0 Å². The first kappa shape index (κ1) is 30.5. The predicted molar refractivity (Wildman–Crippen MR) is 229 cm³/mol. The fourth-order valence-electron chi connectivity index (χ4n) is 8.45. The van der Waals surface area contributed by atoms with Gasteiger partial charge in [0.15, 0.2) is 0 Å². The molecule has 252 valence electrons. The van der Waals surface area contributed by atoms with Crippen LogP contribution in [0.15, 0.2) is 205 Å². The second-order valence-electron chi connectivity index (χ2n) is 14.1. The molecule has 0 unspecified atom stereocenters. The Bertz CT molecular complexity index is 3210. The molecule has 0 saturated carbocycles. The molecule has 0 fully saturated rings. The monoisotopic (exact) mass is 687 g/mol. The smallest absolute Gasteiger partial charge is 0.143 e. The first-order valence-corrected chi connectivity index (χ1v) is 18.5. The van der Waals surface area contributed by atoms with Crippen molar-refractivity contribution in [2.75, 3.05) is 4.90 Å². The number of hydrogen-bond acceptors (Lipinski definition) is 2. The highest BCUT2D eigenvalue weighted by molar-refractivity contribution is 6.23. The van der Waals surface area contributed by atoms with E-state index in [1.807, 2.05) is 12.1 Å². The summed E-state index contributed by atoms with van der Waals surface area (Å²) in [5.41, 5.74) is 9.89. The van der Waals surface area contributed by atoms with Crippen molar-refractivity contribution < 1.29 is 4.42 Å². The molecule has 0 atom stereocenters. The SMILES string of the molecule is c1ccc(-c2cccc(N(c3ccc(-c4cc5ccc6ccccc6c5c5ccccc45)cc3)c3ccc4c(ccc5c6ccccc6oc45)c3)c2)cc1. The van der Waals surface area contributed by atoms with Gasteiger partial charge in [0.1, 0.15) is 11.2 Å². The van der Waals surface area contributed by atoms with Crippen molar-refractivity contribution >= 4 is 82.1 Å². The van der Waals surface area contributed by atoms with E-state index in [1.165, 1.54) is 54.6 Å². The molecule has 1 heterocycles. The van der Waals surface area contributed by atoms with Crippen LogP contribution in [-0.4, -0.2) is 0 Å². The van der Waals surface area contributed by atoms with Crippen LogP contribution >= 0.6 is 0 Å². The van der Waals surface area contributed by atoms with Crippen LogP contribution in [0.4, 0.5) is 17.1 Å². The van der Waals surface area contributed by atoms with Gasteiger partial charge < -0.3 is 9.32 Å². The van der Waals surface area contributed by atoms with E-state index < -0.39 is 0 Å². The van der Waals surface area contributed by atoms with Crippen molar-refractivity contribution in [3.8, 4) is 22.3 Å². The highest BCUT2D eigenvalue weighted by Crippen LogP contribution is 2.43. The van der Waals surface area contributed by atoms with Crippen LogP contribution in [0.1, 0.15) is 0 Å². The number of hydrogen-bond donors (Lipinski definition) is 0. The van der Waals surface area contributed by atoms with Gasteiger partial charge in [-0.2, -0.15) is 0 Å². The summed E-state index contributed by atoms with van der Waals surface area (Å²) in [6, 6.07) is 72.3. The normalized spacial score (nSPS) is 11.7. The molecule has 1 aromatic heterocycles. The van der Waals surface area contributed by atoms with Crippen molar-refractivity contribution in [1.29, 1.82) is 0 Å². The lowest BCUT2D eigenvalue weighted by Crippen LogP contribution is -2.10. The maximum absolute atomic E-state index is 6.42. The molecular weight excluding hydrogens is 655 g/mol. The van der Waals surface area contributed by atoms with Crippen molar-refractivity contribution in [2.45, 2.75) is 0 Å². The van der Waals surface area contributed by atoms with Gasteiger partial charge in [0.2, 0.25) is 0 Å². The molecule has 0 aliphatic heterocycles. The summed E-state index contributed by atoms with van der Waals surface area (Å²) in [7, 11) is 0. The summed E-state index contributed by atoms with van der Waals surface area (Å²) in [6.07, 6.45) is 0. The van der Waals surface area contributed by atoms with Crippen LogP contribution in [0.3, 0.4) is 0 Å². The van der Waals surface area contributed by atoms with E-state index in [9.17, 15) is 0 Å².